The Labute approximate surface area is 107 Å². The second kappa shape index (κ2) is 6.16. The van der Waals surface area contributed by atoms with Gasteiger partial charge in [0.05, 0.1) is 12.6 Å². The van der Waals surface area contributed by atoms with Gasteiger partial charge >= 0.3 is 0 Å². The maximum atomic E-state index is 5.65. The van der Waals surface area contributed by atoms with E-state index in [-0.39, 0.29) is 6.10 Å². The second-order valence-corrected chi connectivity index (χ2v) is 4.35. The van der Waals surface area contributed by atoms with Crippen LogP contribution in [0, 0.1) is 0 Å². The lowest BCUT2D eigenvalue weighted by molar-refractivity contribution is 0.242. The normalized spacial score (nSPS) is 10.8. The van der Waals surface area contributed by atoms with E-state index in [1.165, 1.54) is 11.9 Å². The van der Waals surface area contributed by atoms with E-state index < -0.39 is 0 Å². The molecule has 2 aromatic rings. The van der Waals surface area contributed by atoms with E-state index in [0.29, 0.717) is 6.54 Å². The number of ether oxygens (including phenoxy) is 1. The molecular formula is C13H18N4O. The molecule has 5 heteroatoms. The molecule has 1 aromatic carbocycles. The van der Waals surface area contributed by atoms with Crippen LogP contribution in [0.1, 0.15) is 25.2 Å². The number of benzene rings is 1. The summed E-state index contributed by atoms with van der Waals surface area (Å²) in [5, 5.41) is 9.91. The molecule has 2 N–H and O–H groups in total. The van der Waals surface area contributed by atoms with Gasteiger partial charge < -0.3 is 10.1 Å². The average Bonchev–Trinajstić information content (AvgIpc) is 2.82. The molecule has 0 spiro atoms. The van der Waals surface area contributed by atoms with Crippen molar-refractivity contribution in [2.24, 2.45) is 0 Å². The lowest BCUT2D eigenvalue weighted by Gasteiger charge is -2.11. The smallest absolute Gasteiger partial charge is 0.138 e. The Bertz CT molecular complexity index is 468. The van der Waals surface area contributed by atoms with Gasteiger partial charge in [0.15, 0.2) is 0 Å². The van der Waals surface area contributed by atoms with Gasteiger partial charge in [0, 0.05) is 6.54 Å². The van der Waals surface area contributed by atoms with Crippen molar-refractivity contribution in [3.8, 4) is 5.75 Å². The van der Waals surface area contributed by atoms with E-state index >= 15 is 0 Å². The maximum Gasteiger partial charge on any atom is 0.138 e. The number of aromatic nitrogens is 3. The molecule has 0 atom stereocenters. The Balaban J connectivity index is 1.85. The topological polar surface area (TPSA) is 62.8 Å². The molecule has 1 heterocycles. The van der Waals surface area contributed by atoms with Crippen LogP contribution >= 0.6 is 0 Å². The molecule has 0 saturated heterocycles. The summed E-state index contributed by atoms with van der Waals surface area (Å²) in [4.78, 5) is 4.05. The fourth-order valence-corrected chi connectivity index (χ4v) is 1.64. The third-order valence-corrected chi connectivity index (χ3v) is 2.36. The summed E-state index contributed by atoms with van der Waals surface area (Å²) >= 11 is 0. The van der Waals surface area contributed by atoms with Crippen LogP contribution < -0.4 is 10.1 Å². The van der Waals surface area contributed by atoms with Crippen LogP contribution in [-0.2, 0) is 13.1 Å². The first-order valence-corrected chi connectivity index (χ1v) is 6.04. The van der Waals surface area contributed by atoms with E-state index in [9.17, 15) is 0 Å². The van der Waals surface area contributed by atoms with Crippen molar-refractivity contribution in [1.29, 1.82) is 0 Å². The fraction of sp³-hybridized carbons (Fsp3) is 0.385. The predicted molar refractivity (Wildman–Crippen MR) is 69.1 cm³/mol. The second-order valence-electron chi connectivity index (χ2n) is 4.35. The molecule has 0 amide bonds. The summed E-state index contributed by atoms with van der Waals surface area (Å²) in [5.74, 6) is 1.74. The zero-order chi connectivity index (χ0) is 12.8. The molecule has 18 heavy (non-hydrogen) atoms. The zero-order valence-corrected chi connectivity index (χ0v) is 10.7. The van der Waals surface area contributed by atoms with Crippen molar-refractivity contribution in [3.63, 3.8) is 0 Å². The van der Waals surface area contributed by atoms with Crippen LogP contribution in [0.25, 0.3) is 0 Å². The fourth-order valence-electron chi connectivity index (χ4n) is 1.64. The molecule has 0 aliphatic heterocycles. The number of H-pyrrole nitrogens is 1. The maximum absolute atomic E-state index is 5.65. The van der Waals surface area contributed by atoms with E-state index in [0.717, 1.165) is 18.1 Å². The lowest BCUT2D eigenvalue weighted by Crippen LogP contribution is -2.14. The van der Waals surface area contributed by atoms with Gasteiger partial charge in [-0.3, -0.25) is 5.10 Å². The Kier molecular flexibility index (Phi) is 4.30. The lowest BCUT2D eigenvalue weighted by atomic mass is 10.2. The van der Waals surface area contributed by atoms with Gasteiger partial charge in [-0.05, 0) is 31.5 Å². The van der Waals surface area contributed by atoms with Crippen LogP contribution in [0.5, 0.6) is 5.75 Å². The third-order valence-electron chi connectivity index (χ3n) is 2.36. The van der Waals surface area contributed by atoms with Gasteiger partial charge in [-0.15, -0.1) is 0 Å². The molecule has 0 aliphatic carbocycles. The average molecular weight is 246 g/mol. The van der Waals surface area contributed by atoms with E-state index in [2.05, 4.69) is 26.6 Å². The summed E-state index contributed by atoms with van der Waals surface area (Å²) in [6.07, 6.45) is 1.70. The molecule has 5 nitrogen and oxygen atoms in total. The van der Waals surface area contributed by atoms with Crippen molar-refractivity contribution in [2.75, 3.05) is 0 Å². The standard InChI is InChI=1S/C13H18N4O/c1-10(2)18-12-5-3-4-11(6-12)7-14-8-13-15-9-16-17-13/h3-6,9-10,14H,7-8H2,1-2H3,(H,15,16,17). The first-order valence-electron chi connectivity index (χ1n) is 6.04. The molecule has 0 fully saturated rings. The quantitative estimate of drug-likeness (QED) is 0.817. The minimum atomic E-state index is 0.197. The van der Waals surface area contributed by atoms with Crippen molar-refractivity contribution in [2.45, 2.75) is 33.0 Å². The number of nitrogens with one attached hydrogen (secondary N) is 2. The Morgan fingerprint density at radius 2 is 2.22 bits per heavy atom. The Morgan fingerprint density at radius 1 is 1.33 bits per heavy atom. The Morgan fingerprint density at radius 3 is 2.94 bits per heavy atom. The predicted octanol–water partition coefficient (Wildman–Crippen LogP) is 1.88. The molecular weight excluding hydrogens is 228 g/mol. The molecule has 0 saturated carbocycles. The van der Waals surface area contributed by atoms with Crippen LogP contribution in [-0.4, -0.2) is 21.3 Å². The van der Waals surface area contributed by atoms with Gasteiger partial charge in [0.2, 0.25) is 0 Å². The largest absolute Gasteiger partial charge is 0.491 e. The highest BCUT2D eigenvalue weighted by molar-refractivity contribution is 5.28. The minimum Gasteiger partial charge on any atom is -0.491 e. The summed E-state index contributed by atoms with van der Waals surface area (Å²) in [6, 6.07) is 8.09. The van der Waals surface area contributed by atoms with Crippen LogP contribution in [0.15, 0.2) is 30.6 Å². The SMILES string of the molecule is CC(C)Oc1cccc(CNCc2ncn[nH]2)c1. The van der Waals surface area contributed by atoms with Crippen LogP contribution in [0.3, 0.4) is 0 Å². The number of rotatable bonds is 6. The highest BCUT2D eigenvalue weighted by atomic mass is 16.5. The summed E-state index contributed by atoms with van der Waals surface area (Å²) < 4.78 is 5.65. The first kappa shape index (κ1) is 12.6. The summed E-state index contributed by atoms with van der Waals surface area (Å²) in [5.41, 5.74) is 1.19. The van der Waals surface area contributed by atoms with Crippen LogP contribution in [0.2, 0.25) is 0 Å². The highest BCUT2D eigenvalue weighted by Gasteiger charge is 2.00. The molecule has 0 bridgehead atoms. The Hall–Kier alpha value is -1.88. The van der Waals surface area contributed by atoms with Gasteiger partial charge in [0.1, 0.15) is 17.9 Å². The summed E-state index contributed by atoms with van der Waals surface area (Å²) in [6.45, 7) is 5.49. The minimum absolute atomic E-state index is 0.197. The third kappa shape index (κ3) is 3.85. The van der Waals surface area contributed by atoms with E-state index in [4.69, 9.17) is 4.74 Å². The van der Waals surface area contributed by atoms with Crippen molar-refractivity contribution >= 4 is 0 Å². The monoisotopic (exact) mass is 246 g/mol. The van der Waals surface area contributed by atoms with Crippen molar-refractivity contribution < 1.29 is 4.74 Å². The number of hydrogen-bond acceptors (Lipinski definition) is 4. The molecule has 0 radical (unpaired) electrons. The molecule has 96 valence electrons. The molecule has 0 aliphatic rings. The number of nitrogens with zero attached hydrogens (tertiary/aromatic N) is 2. The van der Waals surface area contributed by atoms with E-state index in [1.807, 2.05) is 32.0 Å². The van der Waals surface area contributed by atoms with Gasteiger partial charge in [-0.25, -0.2) is 4.98 Å². The van der Waals surface area contributed by atoms with Gasteiger partial charge in [-0.2, -0.15) is 5.10 Å². The molecule has 1 aromatic heterocycles. The van der Waals surface area contributed by atoms with E-state index in [1.54, 1.807) is 0 Å². The van der Waals surface area contributed by atoms with Gasteiger partial charge in [-0.1, -0.05) is 12.1 Å². The first-order chi connectivity index (χ1) is 8.74. The zero-order valence-electron chi connectivity index (χ0n) is 10.7. The van der Waals surface area contributed by atoms with Gasteiger partial charge in [0.25, 0.3) is 0 Å². The number of aromatic amines is 1. The highest BCUT2D eigenvalue weighted by Crippen LogP contribution is 2.14. The number of hydrogen-bond donors (Lipinski definition) is 2. The van der Waals surface area contributed by atoms with Crippen molar-refractivity contribution in [1.82, 2.24) is 20.5 Å². The van der Waals surface area contributed by atoms with Crippen LogP contribution in [0.4, 0.5) is 0 Å². The molecule has 2 rings (SSSR count). The van der Waals surface area contributed by atoms with Crippen molar-refractivity contribution in [3.05, 3.63) is 42.0 Å². The summed E-state index contributed by atoms with van der Waals surface area (Å²) in [7, 11) is 0. The molecule has 0 unspecified atom stereocenters.